The summed E-state index contributed by atoms with van der Waals surface area (Å²) in [5, 5.41) is 4.25. The molecular weight excluding hydrogens is 408 g/mol. The zero-order valence-corrected chi connectivity index (χ0v) is 18.9. The van der Waals surface area contributed by atoms with Crippen LogP contribution in [0.3, 0.4) is 0 Å². The third-order valence-corrected chi connectivity index (χ3v) is 5.67. The first-order chi connectivity index (χ1) is 15.7. The van der Waals surface area contributed by atoms with Gasteiger partial charge in [0.15, 0.2) is 17.3 Å². The highest BCUT2D eigenvalue weighted by Gasteiger charge is 2.19. The fourth-order valence-corrected chi connectivity index (χ4v) is 3.89. The van der Waals surface area contributed by atoms with Crippen molar-refractivity contribution >= 4 is 5.95 Å². The molecule has 1 saturated heterocycles. The molecule has 0 atom stereocenters. The van der Waals surface area contributed by atoms with Gasteiger partial charge in [0.25, 0.3) is 0 Å². The van der Waals surface area contributed by atoms with Crippen LogP contribution in [0.1, 0.15) is 5.76 Å². The highest BCUT2D eigenvalue weighted by Crippen LogP contribution is 2.37. The summed E-state index contributed by atoms with van der Waals surface area (Å²) >= 11 is 0. The molecule has 0 amide bonds. The van der Waals surface area contributed by atoms with Crippen LogP contribution in [0.15, 0.2) is 47.2 Å². The summed E-state index contributed by atoms with van der Waals surface area (Å²) in [6, 6.07) is 9.55. The van der Waals surface area contributed by atoms with Crippen LogP contribution < -0.4 is 14.4 Å². The summed E-state index contributed by atoms with van der Waals surface area (Å²) in [5.74, 6) is 2.96. The standard InChI is InChI=1S/C23H30N6O3/c1-27(10-11-28-12-14-29(15-13-28)23-24-8-5-9-25-23)17-18-16-20(26-32-18)19-6-4-7-21(30-2)22(19)31-3/h4-9,16H,10-15,17H2,1-3H3. The predicted molar refractivity (Wildman–Crippen MR) is 122 cm³/mol. The number of rotatable bonds is 9. The number of ether oxygens (including phenoxy) is 2. The molecule has 0 aliphatic carbocycles. The monoisotopic (exact) mass is 438 g/mol. The van der Waals surface area contributed by atoms with Crippen LogP contribution in [0.25, 0.3) is 11.3 Å². The van der Waals surface area contributed by atoms with Crippen LogP contribution in [0, 0.1) is 0 Å². The fraction of sp³-hybridized carbons (Fsp3) is 0.435. The van der Waals surface area contributed by atoms with Gasteiger partial charge < -0.3 is 18.9 Å². The van der Waals surface area contributed by atoms with Crippen molar-refractivity contribution in [2.24, 2.45) is 0 Å². The molecule has 0 bridgehead atoms. The van der Waals surface area contributed by atoms with Crippen molar-refractivity contribution in [3.8, 4) is 22.8 Å². The highest BCUT2D eigenvalue weighted by molar-refractivity contribution is 5.71. The Hall–Kier alpha value is -3.17. The quantitative estimate of drug-likeness (QED) is 0.500. The molecule has 1 fully saturated rings. The number of benzene rings is 1. The number of anilines is 1. The summed E-state index contributed by atoms with van der Waals surface area (Å²) in [7, 11) is 5.35. The average molecular weight is 439 g/mol. The number of nitrogens with zero attached hydrogens (tertiary/aromatic N) is 6. The Labute approximate surface area is 188 Å². The summed E-state index contributed by atoms with van der Waals surface area (Å²) < 4.78 is 16.5. The van der Waals surface area contributed by atoms with E-state index in [0.717, 1.165) is 62.2 Å². The van der Waals surface area contributed by atoms with Gasteiger partial charge >= 0.3 is 0 Å². The van der Waals surface area contributed by atoms with Crippen LogP contribution in [0.4, 0.5) is 5.95 Å². The molecule has 3 aromatic rings. The van der Waals surface area contributed by atoms with Gasteiger partial charge in [-0.15, -0.1) is 0 Å². The first-order valence-corrected chi connectivity index (χ1v) is 10.8. The maximum atomic E-state index is 5.60. The molecule has 1 aromatic carbocycles. The molecule has 9 nitrogen and oxygen atoms in total. The minimum absolute atomic E-state index is 0.656. The van der Waals surface area contributed by atoms with E-state index in [-0.39, 0.29) is 0 Å². The number of aromatic nitrogens is 3. The van der Waals surface area contributed by atoms with E-state index < -0.39 is 0 Å². The van der Waals surface area contributed by atoms with Gasteiger partial charge in [-0.25, -0.2) is 9.97 Å². The third kappa shape index (κ3) is 5.17. The lowest BCUT2D eigenvalue weighted by molar-refractivity contribution is 0.201. The van der Waals surface area contributed by atoms with Gasteiger partial charge in [0, 0.05) is 63.3 Å². The Morgan fingerprint density at radius 3 is 2.53 bits per heavy atom. The van der Waals surface area contributed by atoms with E-state index >= 15 is 0 Å². The molecule has 9 heteroatoms. The van der Waals surface area contributed by atoms with Crippen LogP contribution in [-0.4, -0.2) is 85.5 Å². The van der Waals surface area contributed by atoms with E-state index in [1.54, 1.807) is 26.6 Å². The molecule has 0 saturated carbocycles. The second-order valence-corrected chi connectivity index (χ2v) is 7.83. The van der Waals surface area contributed by atoms with Gasteiger partial charge in [-0.05, 0) is 25.2 Å². The van der Waals surface area contributed by atoms with Crippen molar-refractivity contribution in [1.29, 1.82) is 0 Å². The minimum Gasteiger partial charge on any atom is -0.493 e. The van der Waals surface area contributed by atoms with Crippen LogP contribution in [-0.2, 0) is 6.54 Å². The largest absolute Gasteiger partial charge is 0.493 e. The molecule has 32 heavy (non-hydrogen) atoms. The zero-order valence-electron chi connectivity index (χ0n) is 18.9. The topological polar surface area (TPSA) is 80.0 Å². The van der Waals surface area contributed by atoms with Gasteiger partial charge in [0.2, 0.25) is 5.95 Å². The van der Waals surface area contributed by atoms with Crippen molar-refractivity contribution in [3.05, 3.63) is 48.5 Å². The van der Waals surface area contributed by atoms with Crippen LogP contribution in [0.5, 0.6) is 11.5 Å². The van der Waals surface area contributed by atoms with Crippen molar-refractivity contribution in [2.45, 2.75) is 6.54 Å². The van der Waals surface area contributed by atoms with Gasteiger partial charge in [0.05, 0.1) is 20.8 Å². The molecule has 0 unspecified atom stereocenters. The minimum atomic E-state index is 0.656. The third-order valence-electron chi connectivity index (χ3n) is 5.67. The van der Waals surface area contributed by atoms with Gasteiger partial charge in [-0.2, -0.15) is 0 Å². The molecule has 1 aliphatic rings. The first-order valence-electron chi connectivity index (χ1n) is 10.8. The molecular formula is C23H30N6O3. The number of likely N-dealkylation sites (N-methyl/N-ethyl adjacent to an activating group) is 1. The van der Waals surface area contributed by atoms with E-state index in [9.17, 15) is 0 Å². The number of hydrogen-bond donors (Lipinski definition) is 0. The van der Waals surface area contributed by atoms with Crippen molar-refractivity contribution < 1.29 is 14.0 Å². The normalized spacial score (nSPS) is 14.7. The Morgan fingerprint density at radius 1 is 1.03 bits per heavy atom. The average Bonchev–Trinajstić information content (AvgIpc) is 3.31. The number of hydrogen-bond acceptors (Lipinski definition) is 9. The Morgan fingerprint density at radius 2 is 1.81 bits per heavy atom. The molecule has 4 rings (SSSR count). The second kappa shape index (κ2) is 10.4. The van der Waals surface area contributed by atoms with E-state index in [1.165, 1.54) is 0 Å². The molecule has 2 aromatic heterocycles. The van der Waals surface area contributed by atoms with Gasteiger partial charge in [0.1, 0.15) is 5.69 Å². The fourth-order valence-electron chi connectivity index (χ4n) is 3.89. The Bertz CT molecular complexity index is 988. The molecule has 0 spiro atoms. The summed E-state index contributed by atoms with van der Waals surface area (Å²) in [6.07, 6.45) is 3.59. The predicted octanol–water partition coefficient (Wildman–Crippen LogP) is 2.40. The number of piperazine rings is 1. The molecule has 170 valence electrons. The maximum Gasteiger partial charge on any atom is 0.225 e. The van der Waals surface area contributed by atoms with Gasteiger partial charge in [-0.3, -0.25) is 9.80 Å². The number of para-hydroxylation sites is 1. The van der Waals surface area contributed by atoms with E-state index in [2.05, 4.69) is 36.9 Å². The number of methoxy groups -OCH3 is 2. The van der Waals surface area contributed by atoms with E-state index in [1.807, 2.05) is 30.3 Å². The van der Waals surface area contributed by atoms with E-state index in [0.29, 0.717) is 18.0 Å². The highest BCUT2D eigenvalue weighted by atomic mass is 16.5. The molecule has 0 N–H and O–H groups in total. The summed E-state index contributed by atoms with van der Waals surface area (Å²) in [4.78, 5) is 15.7. The lowest BCUT2D eigenvalue weighted by Gasteiger charge is -2.35. The Kier molecular flexibility index (Phi) is 7.18. The molecule has 0 radical (unpaired) electrons. The van der Waals surface area contributed by atoms with Crippen LogP contribution >= 0.6 is 0 Å². The van der Waals surface area contributed by atoms with Gasteiger partial charge in [-0.1, -0.05) is 11.2 Å². The maximum absolute atomic E-state index is 5.60. The first kappa shape index (κ1) is 22.0. The summed E-state index contributed by atoms with van der Waals surface area (Å²) in [5.41, 5.74) is 1.59. The van der Waals surface area contributed by atoms with Crippen LogP contribution in [0.2, 0.25) is 0 Å². The SMILES string of the molecule is COc1cccc(-c2cc(CN(C)CCN3CCN(c4ncccn4)CC3)on2)c1OC. The smallest absolute Gasteiger partial charge is 0.225 e. The zero-order chi connectivity index (χ0) is 22.3. The Balaban J connectivity index is 1.27. The van der Waals surface area contributed by atoms with E-state index in [4.69, 9.17) is 14.0 Å². The lowest BCUT2D eigenvalue weighted by atomic mass is 10.1. The lowest BCUT2D eigenvalue weighted by Crippen LogP contribution is -2.48. The van der Waals surface area contributed by atoms with Crippen molar-refractivity contribution in [3.63, 3.8) is 0 Å². The second-order valence-electron chi connectivity index (χ2n) is 7.83. The van der Waals surface area contributed by atoms with Crippen molar-refractivity contribution in [2.75, 3.05) is 65.4 Å². The molecule has 3 heterocycles. The van der Waals surface area contributed by atoms with Crippen molar-refractivity contribution in [1.82, 2.24) is 24.9 Å². The molecule has 1 aliphatic heterocycles. The summed E-state index contributed by atoms with van der Waals surface area (Å²) in [6.45, 7) is 6.55.